The summed E-state index contributed by atoms with van der Waals surface area (Å²) in [6.45, 7) is 4.47. The minimum Gasteiger partial charge on any atom is -0.548 e. The molecule has 0 aromatic rings. The van der Waals surface area contributed by atoms with Gasteiger partial charge in [-0.15, -0.1) is 11.8 Å². The summed E-state index contributed by atoms with van der Waals surface area (Å²) in [4.78, 5) is 10.8. The second-order valence-electron chi connectivity index (χ2n) is 5.68. The fourth-order valence-corrected chi connectivity index (χ4v) is 3.89. The molecule has 1 N–H and O–H groups in total. The molecule has 112 valence electrons. The van der Waals surface area contributed by atoms with Crippen molar-refractivity contribution in [2.45, 2.75) is 76.6 Å². The first kappa shape index (κ1) is 20.8. The van der Waals surface area contributed by atoms with Crippen LogP contribution in [0.15, 0.2) is 0 Å². The summed E-state index contributed by atoms with van der Waals surface area (Å²) >= 11 is 1.73. The molecule has 5 heteroatoms. The molecule has 1 fully saturated rings. The average Bonchev–Trinajstić information content (AvgIpc) is 2.87. The molecule has 1 rings (SSSR count). The molecule has 0 spiro atoms. The zero-order chi connectivity index (χ0) is 14.1. The third kappa shape index (κ3) is 8.28. The Kier molecular flexibility index (Phi) is 12.8. The van der Waals surface area contributed by atoms with Gasteiger partial charge in [-0.2, -0.15) is 0 Å². The number of carboxylic acids is 1. The molecule has 2 unspecified atom stereocenters. The van der Waals surface area contributed by atoms with Crippen LogP contribution in [0, 0.1) is 5.92 Å². The molecule has 1 heterocycles. The van der Waals surface area contributed by atoms with Crippen molar-refractivity contribution >= 4 is 17.7 Å². The largest absolute Gasteiger partial charge is 1.00 e. The van der Waals surface area contributed by atoms with Crippen molar-refractivity contribution in [3.8, 4) is 0 Å². The topological polar surface area (TPSA) is 52.2 Å². The monoisotopic (exact) mass is 309 g/mol. The Morgan fingerprint density at radius 3 is 2.40 bits per heavy atom. The van der Waals surface area contributed by atoms with Gasteiger partial charge in [-0.05, 0) is 12.3 Å². The van der Waals surface area contributed by atoms with Gasteiger partial charge in [0.1, 0.15) is 0 Å². The third-order valence-electron chi connectivity index (χ3n) is 3.87. The number of rotatable bonds is 10. The van der Waals surface area contributed by atoms with E-state index in [1.165, 1.54) is 51.4 Å². The number of unbranched alkanes of at least 4 members (excludes halogenated alkanes) is 6. The van der Waals surface area contributed by atoms with Crippen molar-refractivity contribution in [2.24, 2.45) is 5.92 Å². The fraction of sp³-hybridized carbons (Fsp3) is 0.933. The molecule has 3 nitrogen and oxygen atoms in total. The van der Waals surface area contributed by atoms with Crippen molar-refractivity contribution in [2.75, 3.05) is 5.75 Å². The van der Waals surface area contributed by atoms with Gasteiger partial charge in [0.25, 0.3) is 0 Å². The van der Waals surface area contributed by atoms with Crippen LogP contribution >= 0.6 is 11.8 Å². The molecule has 0 aromatic heterocycles. The Hall–Kier alpha value is 0.780. The Morgan fingerprint density at radius 2 is 1.85 bits per heavy atom. The molecule has 0 bridgehead atoms. The maximum absolute atomic E-state index is 10.8. The first-order valence-electron chi connectivity index (χ1n) is 7.73. The second kappa shape index (κ2) is 12.3. The number of carbonyl (C=O) groups excluding carboxylic acids is 1. The third-order valence-corrected chi connectivity index (χ3v) is 5.36. The summed E-state index contributed by atoms with van der Waals surface area (Å²) in [5.41, 5.74) is 0. The van der Waals surface area contributed by atoms with Crippen molar-refractivity contribution in [3.63, 3.8) is 0 Å². The van der Waals surface area contributed by atoms with Crippen molar-refractivity contribution in [1.82, 2.24) is 5.32 Å². The van der Waals surface area contributed by atoms with Crippen LogP contribution in [0.25, 0.3) is 0 Å². The smallest absolute Gasteiger partial charge is 0.548 e. The van der Waals surface area contributed by atoms with Crippen molar-refractivity contribution in [3.05, 3.63) is 0 Å². The first-order valence-corrected chi connectivity index (χ1v) is 8.78. The number of aliphatic carboxylic acids is 1. The molecular weight excluding hydrogens is 281 g/mol. The summed E-state index contributed by atoms with van der Waals surface area (Å²) in [6, 6.07) is -0.452. The van der Waals surface area contributed by atoms with Crippen LogP contribution in [0.1, 0.15) is 65.2 Å². The van der Waals surface area contributed by atoms with Gasteiger partial charge >= 0.3 is 29.6 Å². The van der Waals surface area contributed by atoms with E-state index in [1.54, 1.807) is 11.8 Å². The standard InChI is InChI=1S/C15H29NO2S.Na/c1-3-4-5-6-7-8-9-10-12(2)14-16-13(11-19-14)15(17)18;/h12-14,16H,3-11H2,1-2H3,(H,17,18);/q;+1/p-1/t12?,13-,14?;/m0./s1. The number of hydrogen-bond donors (Lipinski definition) is 1. The van der Waals surface area contributed by atoms with Gasteiger partial charge < -0.3 is 9.90 Å². The van der Waals surface area contributed by atoms with Gasteiger partial charge in [-0.1, -0.05) is 58.8 Å². The minimum absolute atomic E-state index is 0. The fourth-order valence-electron chi connectivity index (χ4n) is 2.53. The molecule has 0 aliphatic carbocycles. The number of nitrogens with one attached hydrogen (secondary N) is 1. The maximum atomic E-state index is 10.8. The Labute approximate surface area is 150 Å². The zero-order valence-corrected chi connectivity index (χ0v) is 16.1. The van der Waals surface area contributed by atoms with Gasteiger partial charge in [-0.25, -0.2) is 0 Å². The van der Waals surface area contributed by atoms with Crippen LogP contribution in [0.3, 0.4) is 0 Å². The normalized spacial score (nSPS) is 23.3. The van der Waals surface area contributed by atoms with E-state index >= 15 is 0 Å². The molecular formula is C15H28NNaO2S. The van der Waals surface area contributed by atoms with Crippen LogP contribution in [0.2, 0.25) is 0 Å². The Morgan fingerprint density at radius 1 is 1.25 bits per heavy atom. The van der Waals surface area contributed by atoms with Crippen LogP contribution in [0.4, 0.5) is 0 Å². The summed E-state index contributed by atoms with van der Waals surface area (Å²) in [5.74, 6) is 0.233. The van der Waals surface area contributed by atoms with Gasteiger partial charge in [0.15, 0.2) is 0 Å². The summed E-state index contributed by atoms with van der Waals surface area (Å²) < 4.78 is 0. The predicted molar refractivity (Wildman–Crippen MR) is 80.0 cm³/mol. The van der Waals surface area contributed by atoms with Gasteiger partial charge in [0, 0.05) is 5.75 Å². The van der Waals surface area contributed by atoms with Crippen LogP contribution in [-0.4, -0.2) is 23.1 Å². The molecule has 20 heavy (non-hydrogen) atoms. The molecule has 1 aliphatic rings. The molecule has 3 atom stereocenters. The molecule has 0 amide bonds. The summed E-state index contributed by atoms with van der Waals surface area (Å²) in [6.07, 6.45) is 10.5. The first-order chi connectivity index (χ1) is 9.15. The van der Waals surface area contributed by atoms with Crippen LogP contribution in [0.5, 0.6) is 0 Å². The zero-order valence-electron chi connectivity index (χ0n) is 13.3. The van der Waals surface area contributed by atoms with Gasteiger partial charge in [-0.3, -0.25) is 5.32 Å². The van der Waals surface area contributed by atoms with Crippen molar-refractivity contribution in [1.29, 1.82) is 0 Å². The number of carboxylic acid groups (broad SMARTS) is 1. The molecule has 1 aliphatic heterocycles. The van der Waals surface area contributed by atoms with E-state index in [0.717, 1.165) is 0 Å². The number of thioether (sulfide) groups is 1. The van der Waals surface area contributed by atoms with E-state index in [0.29, 0.717) is 17.0 Å². The van der Waals surface area contributed by atoms with E-state index in [9.17, 15) is 9.90 Å². The average molecular weight is 309 g/mol. The maximum Gasteiger partial charge on any atom is 1.00 e. The van der Waals surface area contributed by atoms with Gasteiger partial charge in [0.2, 0.25) is 0 Å². The van der Waals surface area contributed by atoms with E-state index in [2.05, 4.69) is 19.2 Å². The Bertz CT molecular complexity index is 266. The van der Waals surface area contributed by atoms with Gasteiger partial charge in [0.05, 0.1) is 17.4 Å². The summed E-state index contributed by atoms with van der Waals surface area (Å²) in [7, 11) is 0. The second-order valence-corrected chi connectivity index (χ2v) is 6.85. The molecule has 0 aromatic carbocycles. The van der Waals surface area contributed by atoms with Crippen LogP contribution < -0.4 is 40.0 Å². The van der Waals surface area contributed by atoms with E-state index in [1.807, 2.05) is 0 Å². The molecule has 0 saturated carbocycles. The Balaban J connectivity index is 0.00000361. The van der Waals surface area contributed by atoms with E-state index in [-0.39, 0.29) is 29.6 Å². The quantitative estimate of drug-likeness (QED) is 0.439. The SMILES string of the molecule is CCCCCCCCCC(C)C1N[C@H](C(=O)[O-])CS1.[Na+]. The minimum atomic E-state index is -0.960. The van der Waals surface area contributed by atoms with Crippen LogP contribution in [-0.2, 0) is 4.79 Å². The number of carbonyl (C=O) groups is 1. The van der Waals surface area contributed by atoms with E-state index < -0.39 is 12.0 Å². The molecule has 0 radical (unpaired) electrons. The van der Waals surface area contributed by atoms with Crippen molar-refractivity contribution < 1.29 is 39.5 Å². The summed E-state index contributed by atoms with van der Waals surface area (Å²) in [5, 5.41) is 14.2. The predicted octanol–water partition coefficient (Wildman–Crippen LogP) is -0.452. The number of hydrogen-bond acceptors (Lipinski definition) is 4. The molecule has 1 saturated heterocycles. The van der Waals surface area contributed by atoms with E-state index in [4.69, 9.17) is 0 Å².